The molecule has 0 aromatic heterocycles. The van der Waals surface area contributed by atoms with E-state index in [0.717, 1.165) is 24.9 Å². The molecule has 172 valence electrons. The second-order valence-corrected chi connectivity index (χ2v) is 9.99. The molecule has 0 bridgehead atoms. The van der Waals surface area contributed by atoms with Crippen LogP contribution in [0.4, 0.5) is 10.1 Å². The molecule has 2 fully saturated rings. The standard InChI is InChI=1S/C23H28FN3O4S/c1-31-21-10-5-18(23(28)26-11-3-2-4-12-26)17-22(21)32(29,30)27-15-13-25(14-16-27)20-8-6-19(24)7-9-20/h5-10,17H,2-4,11-16H2,1H3. The van der Waals surface area contributed by atoms with Gasteiger partial charge in [-0.1, -0.05) is 0 Å². The van der Waals surface area contributed by atoms with Crippen LogP contribution < -0.4 is 9.64 Å². The first-order chi connectivity index (χ1) is 15.4. The minimum Gasteiger partial charge on any atom is -0.495 e. The summed E-state index contributed by atoms with van der Waals surface area (Å²) in [5, 5.41) is 0. The Morgan fingerprint density at radius 1 is 0.906 bits per heavy atom. The second-order valence-electron chi connectivity index (χ2n) is 8.09. The zero-order chi connectivity index (χ0) is 22.7. The van der Waals surface area contributed by atoms with E-state index in [9.17, 15) is 17.6 Å². The highest BCUT2D eigenvalue weighted by Crippen LogP contribution is 2.30. The van der Waals surface area contributed by atoms with Gasteiger partial charge in [0.25, 0.3) is 5.91 Å². The molecule has 2 heterocycles. The van der Waals surface area contributed by atoms with Gasteiger partial charge in [0.1, 0.15) is 16.5 Å². The summed E-state index contributed by atoms with van der Waals surface area (Å²) in [6.45, 7) is 2.93. The van der Waals surface area contributed by atoms with Crippen molar-refractivity contribution in [3.05, 3.63) is 53.8 Å². The number of amides is 1. The smallest absolute Gasteiger partial charge is 0.253 e. The van der Waals surface area contributed by atoms with Gasteiger partial charge in [-0.05, 0) is 61.7 Å². The van der Waals surface area contributed by atoms with Crippen molar-refractivity contribution in [2.75, 3.05) is 51.3 Å². The summed E-state index contributed by atoms with van der Waals surface area (Å²) in [5.41, 5.74) is 1.21. The largest absolute Gasteiger partial charge is 0.495 e. The third-order valence-corrected chi connectivity index (χ3v) is 8.02. The lowest BCUT2D eigenvalue weighted by Gasteiger charge is -2.35. The Balaban J connectivity index is 1.53. The van der Waals surface area contributed by atoms with Crippen LogP contribution >= 0.6 is 0 Å². The van der Waals surface area contributed by atoms with Crippen molar-refractivity contribution in [3.8, 4) is 5.75 Å². The van der Waals surface area contributed by atoms with Gasteiger partial charge in [0.05, 0.1) is 7.11 Å². The fraction of sp³-hybridized carbons (Fsp3) is 0.435. The highest BCUT2D eigenvalue weighted by atomic mass is 32.2. The number of hydrogen-bond donors (Lipinski definition) is 0. The molecule has 2 aliphatic rings. The molecule has 2 saturated heterocycles. The first-order valence-electron chi connectivity index (χ1n) is 10.9. The maximum absolute atomic E-state index is 13.5. The van der Waals surface area contributed by atoms with E-state index in [1.54, 1.807) is 29.2 Å². The Kier molecular flexibility index (Phi) is 6.66. The van der Waals surface area contributed by atoms with Crippen LogP contribution in [0, 0.1) is 5.82 Å². The fourth-order valence-corrected chi connectivity index (χ4v) is 5.87. The van der Waals surface area contributed by atoms with Crippen LogP contribution in [0.3, 0.4) is 0 Å². The van der Waals surface area contributed by atoms with Crippen LogP contribution in [0.25, 0.3) is 0 Å². The summed E-state index contributed by atoms with van der Waals surface area (Å²) in [7, 11) is -2.43. The molecule has 7 nitrogen and oxygen atoms in total. The lowest BCUT2D eigenvalue weighted by molar-refractivity contribution is 0.0724. The van der Waals surface area contributed by atoms with Crippen molar-refractivity contribution in [1.82, 2.24) is 9.21 Å². The van der Waals surface area contributed by atoms with Gasteiger partial charge in [-0.3, -0.25) is 4.79 Å². The number of anilines is 1. The van der Waals surface area contributed by atoms with E-state index < -0.39 is 10.0 Å². The van der Waals surface area contributed by atoms with Crippen molar-refractivity contribution < 1.29 is 22.3 Å². The maximum atomic E-state index is 13.5. The van der Waals surface area contributed by atoms with Crippen LogP contribution in [0.2, 0.25) is 0 Å². The number of halogens is 1. The third-order valence-electron chi connectivity index (χ3n) is 6.10. The van der Waals surface area contributed by atoms with Crippen molar-refractivity contribution >= 4 is 21.6 Å². The molecule has 0 aliphatic carbocycles. The van der Waals surface area contributed by atoms with E-state index in [2.05, 4.69) is 0 Å². The Bertz CT molecular complexity index is 1060. The average Bonchev–Trinajstić information content (AvgIpc) is 2.84. The van der Waals surface area contributed by atoms with E-state index in [1.165, 1.54) is 29.6 Å². The van der Waals surface area contributed by atoms with Gasteiger partial charge in [-0.25, -0.2) is 12.8 Å². The fourth-order valence-electron chi connectivity index (χ4n) is 4.27. The molecule has 32 heavy (non-hydrogen) atoms. The molecule has 9 heteroatoms. The molecule has 1 amide bonds. The number of rotatable bonds is 5. The predicted molar refractivity (Wildman–Crippen MR) is 120 cm³/mol. The van der Waals surface area contributed by atoms with Crippen LogP contribution in [-0.2, 0) is 10.0 Å². The predicted octanol–water partition coefficient (Wildman–Crippen LogP) is 2.97. The SMILES string of the molecule is COc1ccc(C(=O)N2CCCCC2)cc1S(=O)(=O)N1CCN(c2ccc(F)cc2)CC1. The molecule has 0 spiro atoms. The lowest BCUT2D eigenvalue weighted by Crippen LogP contribution is -2.48. The van der Waals surface area contributed by atoms with Crippen molar-refractivity contribution in [2.24, 2.45) is 0 Å². The summed E-state index contributed by atoms with van der Waals surface area (Å²) in [4.78, 5) is 16.7. The lowest BCUT2D eigenvalue weighted by atomic mass is 10.1. The van der Waals surface area contributed by atoms with Gasteiger partial charge >= 0.3 is 0 Å². The monoisotopic (exact) mass is 461 g/mol. The summed E-state index contributed by atoms with van der Waals surface area (Å²) in [6.07, 6.45) is 3.03. The summed E-state index contributed by atoms with van der Waals surface area (Å²) in [5.74, 6) is -0.230. The van der Waals surface area contributed by atoms with Gasteiger partial charge in [-0.15, -0.1) is 0 Å². The Labute approximate surface area is 188 Å². The topological polar surface area (TPSA) is 70.2 Å². The van der Waals surface area contributed by atoms with Crippen molar-refractivity contribution in [2.45, 2.75) is 24.2 Å². The van der Waals surface area contributed by atoms with E-state index in [1.807, 2.05) is 4.90 Å². The number of sulfonamides is 1. The minimum absolute atomic E-state index is 0.0121. The minimum atomic E-state index is -3.85. The molecule has 0 N–H and O–H groups in total. The first-order valence-corrected chi connectivity index (χ1v) is 12.3. The van der Waals surface area contributed by atoms with Gasteiger partial charge < -0.3 is 14.5 Å². The number of carbonyl (C=O) groups is 1. The first kappa shape index (κ1) is 22.5. The number of likely N-dealkylation sites (tertiary alicyclic amines) is 1. The zero-order valence-corrected chi connectivity index (χ0v) is 19.0. The number of hydrogen-bond acceptors (Lipinski definition) is 5. The maximum Gasteiger partial charge on any atom is 0.253 e. The number of ether oxygens (including phenoxy) is 1. The van der Waals surface area contributed by atoms with Gasteiger partial charge in [-0.2, -0.15) is 4.31 Å². The van der Waals surface area contributed by atoms with Crippen LogP contribution in [-0.4, -0.2) is 69.9 Å². The molecule has 0 unspecified atom stereocenters. The number of benzene rings is 2. The number of methoxy groups -OCH3 is 1. The molecule has 2 aromatic rings. The molecule has 4 rings (SSSR count). The quantitative estimate of drug-likeness (QED) is 0.685. The van der Waals surface area contributed by atoms with E-state index >= 15 is 0 Å². The van der Waals surface area contributed by atoms with Crippen molar-refractivity contribution in [3.63, 3.8) is 0 Å². The molecule has 2 aromatic carbocycles. The molecule has 0 radical (unpaired) electrons. The normalized spacial score (nSPS) is 17.9. The zero-order valence-electron chi connectivity index (χ0n) is 18.2. The molecule has 0 saturated carbocycles. The highest BCUT2D eigenvalue weighted by molar-refractivity contribution is 7.89. The summed E-state index contributed by atoms with van der Waals surface area (Å²) >= 11 is 0. The number of piperidine rings is 1. The Morgan fingerprint density at radius 3 is 2.19 bits per heavy atom. The average molecular weight is 462 g/mol. The van der Waals surface area contributed by atoms with Crippen LogP contribution in [0.5, 0.6) is 5.75 Å². The number of carbonyl (C=O) groups excluding carboxylic acids is 1. The van der Waals surface area contributed by atoms with E-state index in [-0.39, 0.29) is 35.5 Å². The van der Waals surface area contributed by atoms with Gasteiger partial charge in [0.2, 0.25) is 10.0 Å². The Hall–Kier alpha value is -2.65. The van der Waals surface area contributed by atoms with E-state index in [4.69, 9.17) is 4.74 Å². The summed E-state index contributed by atoms with van der Waals surface area (Å²) in [6, 6.07) is 10.8. The van der Waals surface area contributed by atoms with Crippen molar-refractivity contribution in [1.29, 1.82) is 0 Å². The molecular weight excluding hydrogens is 433 g/mol. The second kappa shape index (κ2) is 9.46. The van der Waals surface area contributed by atoms with Gasteiger partial charge in [0, 0.05) is 50.5 Å². The number of nitrogens with zero attached hydrogens (tertiary/aromatic N) is 3. The number of piperazine rings is 1. The van der Waals surface area contributed by atoms with Gasteiger partial charge in [0.15, 0.2) is 0 Å². The highest BCUT2D eigenvalue weighted by Gasteiger charge is 2.32. The molecular formula is C23H28FN3O4S. The third kappa shape index (κ3) is 4.59. The molecule has 2 aliphatic heterocycles. The van der Waals surface area contributed by atoms with Crippen LogP contribution in [0.15, 0.2) is 47.4 Å². The summed E-state index contributed by atoms with van der Waals surface area (Å²) < 4.78 is 46.9. The van der Waals surface area contributed by atoms with Crippen LogP contribution in [0.1, 0.15) is 29.6 Å². The van der Waals surface area contributed by atoms with E-state index in [0.29, 0.717) is 31.7 Å². The Morgan fingerprint density at radius 2 is 1.56 bits per heavy atom. The molecule has 0 atom stereocenters.